The highest BCUT2D eigenvalue weighted by Crippen LogP contribution is 2.24. The van der Waals surface area contributed by atoms with E-state index in [2.05, 4.69) is 22.5 Å². The third kappa shape index (κ3) is 4.08. The van der Waals surface area contributed by atoms with Gasteiger partial charge in [-0.05, 0) is 12.7 Å². The Morgan fingerprint density at radius 1 is 1.65 bits per heavy atom. The van der Waals surface area contributed by atoms with E-state index in [1.807, 2.05) is 6.92 Å². The Labute approximate surface area is 110 Å². The molecule has 4 N–H and O–H groups in total. The number of anilines is 2. The van der Waals surface area contributed by atoms with Crippen LogP contribution in [-0.2, 0) is 0 Å². The molecule has 96 valence electrons. The second-order valence-electron chi connectivity index (χ2n) is 3.52. The van der Waals surface area contributed by atoms with E-state index < -0.39 is 0 Å². The van der Waals surface area contributed by atoms with Crippen molar-refractivity contribution in [2.75, 3.05) is 29.6 Å². The Hall–Kier alpha value is -0.950. The monoisotopic (exact) mass is 274 g/mol. The van der Waals surface area contributed by atoms with Crippen molar-refractivity contribution in [2.45, 2.75) is 19.9 Å². The van der Waals surface area contributed by atoms with Crippen LogP contribution in [0.4, 0.5) is 10.9 Å². The van der Waals surface area contributed by atoms with Gasteiger partial charge in [-0.1, -0.05) is 18.3 Å². The van der Waals surface area contributed by atoms with E-state index >= 15 is 0 Å². The summed E-state index contributed by atoms with van der Waals surface area (Å²) in [7, 11) is 1.75. The van der Waals surface area contributed by atoms with E-state index in [9.17, 15) is 4.79 Å². The highest BCUT2D eigenvalue weighted by molar-refractivity contribution is 7.99. The molecule has 5 nitrogen and oxygen atoms in total. The van der Waals surface area contributed by atoms with Gasteiger partial charge in [-0.25, -0.2) is 4.98 Å². The van der Waals surface area contributed by atoms with Crippen molar-refractivity contribution in [3.8, 4) is 0 Å². The molecule has 0 radical (unpaired) electrons. The summed E-state index contributed by atoms with van der Waals surface area (Å²) in [6.45, 7) is 4.08. The molecule has 1 rings (SSSR count). The summed E-state index contributed by atoms with van der Waals surface area (Å²) >= 11 is 3.06. The fraction of sp³-hybridized carbons (Fsp3) is 0.600. The Morgan fingerprint density at radius 3 is 2.88 bits per heavy atom. The zero-order chi connectivity index (χ0) is 12.8. The Morgan fingerprint density at radius 2 is 2.35 bits per heavy atom. The summed E-state index contributed by atoms with van der Waals surface area (Å²) in [5.74, 6) is 2.09. The molecule has 0 aliphatic heterocycles. The molecule has 1 aromatic rings. The Kier molecular flexibility index (Phi) is 5.57. The molecule has 1 heterocycles. The minimum Gasteiger partial charge on any atom is -0.382 e. The lowest BCUT2D eigenvalue weighted by atomic mass is 10.3. The van der Waals surface area contributed by atoms with Crippen molar-refractivity contribution in [2.24, 2.45) is 0 Å². The first kappa shape index (κ1) is 14.1. The molecule has 1 aromatic heterocycles. The van der Waals surface area contributed by atoms with Crippen LogP contribution >= 0.6 is 23.1 Å². The molecule has 0 aromatic carbocycles. The second-order valence-corrected chi connectivity index (χ2v) is 5.84. The van der Waals surface area contributed by atoms with Crippen LogP contribution < -0.4 is 16.4 Å². The maximum Gasteiger partial charge on any atom is 0.265 e. The average molecular weight is 274 g/mol. The van der Waals surface area contributed by atoms with Gasteiger partial charge in [0, 0.05) is 18.8 Å². The van der Waals surface area contributed by atoms with E-state index in [0.717, 1.165) is 11.5 Å². The zero-order valence-corrected chi connectivity index (χ0v) is 11.9. The fourth-order valence-electron chi connectivity index (χ4n) is 1.23. The quantitative estimate of drug-likeness (QED) is 0.735. The van der Waals surface area contributed by atoms with Crippen molar-refractivity contribution in [3.05, 3.63) is 4.88 Å². The fourth-order valence-corrected chi connectivity index (χ4v) is 2.64. The normalized spacial score (nSPS) is 12.2. The van der Waals surface area contributed by atoms with Crippen molar-refractivity contribution in [1.29, 1.82) is 0 Å². The Balaban J connectivity index is 2.59. The molecule has 0 aliphatic carbocycles. The van der Waals surface area contributed by atoms with Gasteiger partial charge in [-0.15, -0.1) is 0 Å². The maximum absolute atomic E-state index is 11.9. The van der Waals surface area contributed by atoms with Crippen molar-refractivity contribution in [1.82, 2.24) is 10.3 Å². The number of carbonyl (C=O) groups is 1. The summed E-state index contributed by atoms with van der Waals surface area (Å²) in [6, 6.07) is 0.131. The first-order chi connectivity index (χ1) is 8.08. The van der Waals surface area contributed by atoms with Crippen LogP contribution in [0.25, 0.3) is 0 Å². The zero-order valence-electron chi connectivity index (χ0n) is 10.2. The molecule has 0 saturated heterocycles. The molecule has 0 saturated carbocycles. The van der Waals surface area contributed by atoms with E-state index in [0.29, 0.717) is 10.0 Å². The number of rotatable bonds is 6. The highest BCUT2D eigenvalue weighted by Gasteiger charge is 2.17. The van der Waals surface area contributed by atoms with E-state index in [1.165, 1.54) is 11.3 Å². The van der Waals surface area contributed by atoms with Gasteiger partial charge in [-0.3, -0.25) is 4.79 Å². The number of aromatic nitrogens is 1. The molecular weight excluding hydrogens is 256 g/mol. The second kappa shape index (κ2) is 6.70. The SMILES string of the molecule is CCSCC(C)NC(=O)c1sc(NC)nc1N. The number of carbonyl (C=O) groups excluding carboxylic acids is 1. The number of hydrogen-bond donors (Lipinski definition) is 3. The lowest BCUT2D eigenvalue weighted by Gasteiger charge is -2.12. The lowest BCUT2D eigenvalue weighted by Crippen LogP contribution is -2.34. The molecule has 7 heteroatoms. The van der Waals surface area contributed by atoms with Gasteiger partial charge in [0.1, 0.15) is 10.7 Å². The molecule has 1 amide bonds. The minimum atomic E-state index is -0.147. The number of nitrogen functional groups attached to an aromatic ring is 1. The van der Waals surface area contributed by atoms with E-state index in [1.54, 1.807) is 18.8 Å². The summed E-state index contributed by atoms with van der Waals surface area (Å²) in [4.78, 5) is 16.4. The third-order valence-corrected chi connectivity index (χ3v) is 4.25. The topological polar surface area (TPSA) is 80.0 Å². The number of nitrogens with one attached hydrogen (secondary N) is 2. The largest absolute Gasteiger partial charge is 0.382 e. The molecule has 0 bridgehead atoms. The minimum absolute atomic E-state index is 0.131. The van der Waals surface area contributed by atoms with Gasteiger partial charge in [-0.2, -0.15) is 11.8 Å². The van der Waals surface area contributed by atoms with Crippen molar-refractivity contribution in [3.63, 3.8) is 0 Å². The van der Waals surface area contributed by atoms with Crippen LogP contribution in [0.2, 0.25) is 0 Å². The molecule has 0 aliphatic rings. The van der Waals surface area contributed by atoms with Crippen LogP contribution in [-0.4, -0.2) is 35.5 Å². The first-order valence-corrected chi connectivity index (χ1v) is 7.38. The average Bonchev–Trinajstić information content (AvgIpc) is 2.68. The summed E-state index contributed by atoms with van der Waals surface area (Å²) in [6.07, 6.45) is 0. The number of amides is 1. The number of thiazole rings is 1. The smallest absolute Gasteiger partial charge is 0.265 e. The van der Waals surface area contributed by atoms with Crippen LogP contribution in [0.15, 0.2) is 0 Å². The van der Waals surface area contributed by atoms with Crippen molar-refractivity contribution < 1.29 is 4.79 Å². The predicted octanol–water partition coefficient (Wildman–Crippen LogP) is 1.64. The van der Waals surface area contributed by atoms with Crippen molar-refractivity contribution >= 4 is 40.0 Å². The molecule has 0 spiro atoms. The van der Waals surface area contributed by atoms with Crippen LogP contribution in [0.1, 0.15) is 23.5 Å². The Bertz CT molecular complexity index is 380. The maximum atomic E-state index is 11.9. The van der Waals surface area contributed by atoms with Gasteiger partial charge < -0.3 is 16.4 Å². The predicted molar refractivity (Wildman–Crippen MR) is 76.0 cm³/mol. The summed E-state index contributed by atoms with van der Waals surface area (Å²) < 4.78 is 0. The number of hydrogen-bond acceptors (Lipinski definition) is 6. The van der Waals surface area contributed by atoms with Crippen LogP contribution in [0.5, 0.6) is 0 Å². The van der Waals surface area contributed by atoms with E-state index in [4.69, 9.17) is 5.73 Å². The van der Waals surface area contributed by atoms with Gasteiger partial charge in [0.15, 0.2) is 5.13 Å². The van der Waals surface area contributed by atoms with Gasteiger partial charge in [0.25, 0.3) is 5.91 Å². The summed E-state index contributed by atoms with van der Waals surface area (Å²) in [5, 5.41) is 6.44. The van der Waals surface area contributed by atoms with Gasteiger partial charge in [0.05, 0.1) is 0 Å². The number of nitrogens with two attached hydrogens (primary N) is 1. The molecular formula is C10H18N4OS2. The molecule has 17 heavy (non-hydrogen) atoms. The van der Waals surface area contributed by atoms with Gasteiger partial charge >= 0.3 is 0 Å². The molecule has 1 unspecified atom stereocenters. The number of nitrogens with zero attached hydrogens (tertiary/aromatic N) is 1. The van der Waals surface area contributed by atoms with Gasteiger partial charge in [0.2, 0.25) is 0 Å². The highest BCUT2D eigenvalue weighted by atomic mass is 32.2. The lowest BCUT2D eigenvalue weighted by molar-refractivity contribution is 0.0948. The molecule has 1 atom stereocenters. The van der Waals surface area contributed by atoms with Crippen LogP contribution in [0, 0.1) is 0 Å². The first-order valence-electron chi connectivity index (χ1n) is 5.41. The van der Waals surface area contributed by atoms with Crippen LogP contribution in [0.3, 0.4) is 0 Å². The van der Waals surface area contributed by atoms with E-state index in [-0.39, 0.29) is 17.8 Å². The molecule has 0 fully saturated rings. The standard InChI is InChI=1S/C10H18N4OS2/c1-4-16-5-6(2)13-9(15)7-8(11)14-10(12-3)17-7/h6H,4-5,11H2,1-3H3,(H,12,14)(H,13,15). The number of thioether (sulfide) groups is 1. The summed E-state index contributed by atoms with van der Waals surface area (Å²) in [5.41, 5.74) is 5.69. The third-order valence-electron chi connectivity index (χ3n) is 2.02.